The van der Waals surface area contributed by atoms with Gasteiger partial charge in [0, 0.05) is 0 Å². The van der Waals surface area contributed by atoms with Crippen LogP contribution in [0.15, 0.2) is 54.6 Å². The molecular weight excluding hydrogens is 248 g/mol. The van der Waals surface area contributed by atoms with Gasteiger partial charge in [-0.25, -0.2) is 0 Å². The number of benzene rings is 2. The van der Waals surface area contributed by atoms with Crippen LogP contribution in [0, 0.1) is 0 Å². The number of epoxide rings is 1. The third-order valence-corrected chi connectivity index (χ3v) is 4.25. The van der Waals surface area contributed by atoms with Crippen LogP contribution in [0.25, 0.3) is 11.1 Å². The molecule has 102 valence electrons. The van der Waals surface area contributed by atoms with Crippen LogP contribution in [0.3, 0.4) is 0 Å². The maximum atomic E-state index is 5.96. The second kappa shape index (κ2) is 5.04. The van der Waals surface area contributed by atoms with Gasteiger partial charge < -0.3 is 9.47 Å². The first-order valence-corrected chi connectivity index (χ1v) is 7.31. The lowest BCUT2D eigenvalue weighted by molar-refractivity contribution is 0.0160. The maximum Gasteiger partial charge on any atom is 0.110 e. The first-order chi connectivity index (χ1) is 9.90. The van der Waals surface area contributed by atoms with Crippen molar-refractivity contribution in [3.63, 3.8) is 0 Å². The molecule has 2 fully saturated rings. The third-order valence-electron chi connectivity index (χ3n) is 4.25. The molecule has 2 nitrogen and oxygen atoms in total. The zero-order valence-electron chi connectivity index (χ0n) is 11.4. The summed E-state index contributed by atoms with van der Waals surface area (Å²) in [4.78, 5) is 0. The lowest BCUT2D eigenvalue weighted by atomic mass is 10.0. The van der Waals surface area contributed by atoms with Crippen molar-refractivity contribution >= 4 is 0 Å². The molecule has 1 saturated heterocycles. The molecule has 0 radical (unpaired) electrons. The van der Waals surface area contributed by atoms with Crippen LogP contribution in [0.2, 0.25) is 0 Å². The molecule has 20 heavy (non-hydrogen) atoms. The Morgan fingerprint density at radius 3 is 2.30 bits per heavy atom. The van der Waals surface area contributed by atoms with Crippen molar-refractivity contribution in [1.82, 2.24) is 0 Å². The first-order valence-electron chi connectivity index (χ1n) is 7.31. The summed E-state index contributed by atoms with van der Waals surface area (Å²) in [6, 6.07) is 19.1. The predicted molar refractivity (Wildman–Crippen MR) is 78.4 cm³/mol. The van der Waals surface area contributed by atoms with Crippen molar-refractivity contribution in [2.75, 3.05) is 0 Å². The molecule has 0 aromatic heterocycles. The van der Waals surface area contributed by atoms with Gasteiger partial charge in [-0.1, -0.05) is 54.6 Å². The zero-order chi connectivity index (χ0) is 13.4. The quantitative estimate of drug-likeness (QED) is 0.785. The number of ether oxygens (including phenoxy) is 2. The average Bonchev–Trinajstić information content (AvgIpc) is 3.20. The van der Waals surface area contributed by atoms with E-state index >= 15 is 0 Å². The largest absolute Gasteiger partial charge is 0.371 e. The van der Waals surface area contributed by atoms with Crippen molar-refractivity contribution in [3.8, 4) is 11.1 Å². The topological polar surface area (TPSA) is 21.8 Å². The summed E-state index contributed by atoms with van der Waals surface area (Å²) >= 11 is 0. The molecule has 0 N–H and O–H groups in total. The lowest BCUT2D eigenvalue weighted by Gasteiger charge is -2.12. The van der Waals surface area contributed by atoms with E-state index in [0.29, 0.717) is 24.9 Å². The van der Waals surface area contributed by atoms with Gasteiger partial charge >= 0.3 is 0 Å². The van der Waals surface area contributed by atoms with E-state index in [-0.39, 0.29) is 0 Å². The Kier molecular flexibility index (Phi) is 3.06. The van der Waals surface area contributed by atoms with Crippen LogP contribution in [0.1, 0.15) is 18.4 Å². The number of rotatable bonds is 4. The van der Waals surface area contributed by atoms with Gasteiger partial charge in [-0.3, -0.25) is 0 Å². The molecule has 2 heteroatoms. The Bertz CT molecular complexity index is 576. The Morgan fingerprint density at radius 1 is 0.900 bits per heavy atom. The normalized spacial score (nSPS) is 27.3. The smallest absolute Gasteiger partial charge is 0.110 e. The molecule has 2 aromatic rings. The van der Waals surface area contributed by atoms with E-state index in [9.17, 15) is 0 Å². The predicted octanol–water partition coefficient (Wildman–Crippen LogP) is 3.80. The van der Waals surface area contributed by atoms with Crippen molar-refractivity contribution < 1.29 is 9.47 Å². The molecule has 3 atom stereocenters. The highest BCUT2D eigenvalue weighted by atomic mass is 16.6. The second-order valence-electron chi connectivity index (χ2n) is 5.63. The Labute approximate surface area is 119 Å². The molecule has 1 aliphatic carbocycles. The number of fused-ring (bicyclic) bond motifs is 1. The summed E-state index contributed by atoms with van der Waals surface area (Å²) in [5.41, 5.74) is 3.74. The third kappa shape index (κ3) is 2.37. The van der Waals surface area contributed by atoms with E-state index in [0.717, 1.165) is 6.42 Å². The molecule has 1 saturated carbocycles. The molecule has 1 heterocycles. The first kappa shape index (κ1) is 12.1. The van der Waals surface area contributed by atoms with Gasteiger partial charge in [0.25, 0.3) is 0 Å². The van der Waals surface area contributed by atoms with Gasteiger partial charge in [-0.15, -0.1) is 0 Å². The zero-order valence-corrected chi connectivity index (χ0v) is 11.4. The number of hydrogen-bond acceptors (Lipinski definition) is 2. The van der Waals surface area contributed by atoms with Crippen LogP contribution < -0.4 is 0 Å². The van der Waals surface area contributed by atoms with Crippen molar-refractivity contribution in [3.05, 3.63) is 60.2 Å². The standard InChI is InChI=1S/C18H18O2/c1-2-4-14(5-3-1)15-8-6-13(7-9-15)12-19-16-10-11-17-18(16)20-17/h1-9,16-18H,10-12H2/t16-,17+,18-/m0/s1. The summed E-state index contributed by atoms with van der Waals surface area (Å²) in [5.74, 6) is 0. The lowest BCUT2D eigenvalue weighted by Crippen LogP contribution is -2.15. The molecule has 0 bridgehead atoms. The van der Waals surface area contributed by atoms with Gasteiger partial charge in [-0.2, -0.15) is 0 Å². The summed E-state index contributed by atoms with van der Waals surface area (Å²) < 4.78 is 11.5. The van der Waals surface area contributed by atoms with Gasteiger partial charge in [-0.05, 0) is 29.5 Å². The Balaban J connectivity index is 1.40. The molecule has 2 aromatic carbocycles. The molecule has 1 aliphatic heterocycles. The van der Waals surface area contributed by atoms with E-state index in [1.165, 1.54) is 23.1 Å². The monoisotopic (exact) mass is 266 g/mol. The van der Waals surface area contributed by atoms with Gasteiger partial charge in [0.2, 0.25) is 0 Å². The van der Waals surface area contributed by atoms with Gasteiger partial charge in [0.15, 0.2) is 0 Å². The SMILES string of the molecule is c1ccc(-c2ccc(CO[C@H]3CC[C@H]4O[C@@H]34)cc2)cc1. The minimum Gasteiger partial charge on any atom is -0.371 e. The van der Waals surface area contributed by atoms with E-state index < -0.39 is 0 Å². The average molecular weight is 266 g/mol. The summed E-state index contributed by atoms with van der Waals surface area (Å²) in [5, 5.41) is 0. The Morgan fingerprint density at radius 2 is 1.65 bits per heavy atom. The van der Waals surface area contributed by atoms with Crippen LogP contribution in [0.4, 0.5) is 0 Å². The van der Waals surface area contributed by atoms with Crippen LogP contribution in [-0.4, -0.2) is 18.3 Å². The Hall–Kier alpha value is -1.64. The van der Waals surface area contributed by atoms with Crippen molar-refractivity contribution in [1.29, 1.82) is 0 Å². The van der Waals surface area contributed by atoms with E-state index in [1.807, 2.05) is 6.07 Å². The van der Waals surface area contributed by atoms with E-state index in [2.05, 4.69) is 48.5 Å². The highest BCUT2D eigenvalue weighted by molar-refractivity contribution is 5.63. The van der Waals surface area contributed by atoms with Crippen molar-refractivity contribution in [2.45, 2.75) is 37.8 Å². The highest BCUT2D eigenvalue weighted by Gasteiger charge is 2.50. The van der Waals surface area contributed by atoms with E-state index in [4.69, 9.17) is 9.47 Å². The van der Waals surface area contributed by atoms with Crippen LogP contribution in [0.5, 0.6) is 0 Å². The van der Waals surface area contributed by atoms with Crippen molar-refractivity contribution in [2.24, 2.45) is 0 Å². The maximum absolute atomic E-state index is 5.96. The summed E-state index contributed by atoms with van der Waals surface area (Å²) in [6.45, 7) is 0.687. The molecule has 4 rings (SSSR count). The minimum absolute atomic E-state index is 0.314. The highest BCUT2D eigenvalue weighted by Crippen LogP contribution is 2.40. The fourth-order valence-electron chi connectivity index (χ4n) is 3.01. The fraction of sp³-hybridized carbons (Fsp3) is 0.333. The number of hydrogen-bond donors (Lipinski definition) is 0. The van der Waals surface area contributed by atoms with Crippen LogP contribution >= 0.6 is 0 Å². The second-order valence-corrected chi connectivity index (χ2v) is 5.63. The van der Waals surface area contributed by atoms with E-state index in [1.54, 1.807) is 0 Å². The molecule has 2 aliphatic rings. The molecule has 0 unspecified atom stereocenters. The van der Waals surface area contributed by atoms with Gasteiger partial charge in [0.1, 0.15) is 6.10 Å². The minimum atomic E-state index is 0.314. The van der Waals surface area contributed by atoms with Gasteiger partial charge in [0.05, 0.1) is 18.8 Å². The van der Waals surface area contributed by atoms with Crippen LogP contribution in [-0.2, 0) is 16.1 Å². The summed E-state index contributed by atoms with van der Waals surface area (Å²) in [6.07, 6.45) is 3.52. The fourth-order valence-corrected chi connectivity index (χ4v) is 3.01. The molecule has 0 spiro atoms. The molecule has 0 amide bonds. The summed E-state index contributed by atoms with van der Waals surface area (Å²) in [7, 11) is 0. The molecular formula is C18H18O2.